The van der Waals surface area contributed by atoms with E-state index < -0.39 is 23.2 Å². The topological polar surface area (TPSA) is 66.8 Å². The first-order chi connectivity index (χ1) is 11.1. The molecule has 0 aromatic carbocycles. The molecule has 0 unspecified atom stereocenters. The van der Waals surface area contributed by atoms with Crippen LogP contribution in [0.2, 0.25) is 0 Å². The SMILES string of the molecule is C/C=C(/C)C(=O)O[C@@H]1C[C@@](O)(C(C)C)[C@@H]2[C@@H](O)CC(C)=CC[C@]21C. The van der Waals surface area contributed by atoms with E-state index in [0.29, 0.717) is 24.8 Å². The number of fused-ring (bicyclic) bond motifs is 1. The van der Waals surface area contributed by atoms with Crippen LogP contribution >= 0.6 is 0 Å². The number of allylic oxidation sites excluding steroid dienone is 2. The largest absolute Gasteiger partial charge is 0.458 e. The first-order valence-electron chi connectivity index (χ1n) is 8.96. The molecule has 2 aliphatic carbocycles. The molecule has 0 aromatic rings. The molecule has 0 heterocycles. The monoisotopic (exact) mass is 336 g/mol. The molecule has 0 spiro atoms. The first kappa shape index (κ1) is 19.2. The predicted molar refractivity (Wildman–Crippen MR) is 94.3 cm³/mol. The smallest absolute Gasteiger partial charge is 0.333 e. The van der Waals surface area contributed by atoms with Crippen molar-refractivity contribution in [1.29, 1.82) is 0 Å². The van der Waals surface area contributed by atoms with E-state index in [1.807, 2.05) is 34.6 Å². The van der Waals surface area contributed by atoms with Crippen LogP contribution in [-0.2, 0) is 9.53 Å². The van der Waals surface area contributed by atoms with Gasteiger partial charge in [0.15, 0.2) is 0 Å². The van der Waals surface area contributed by atoms with Gasteiger partial charge in [0.2, 0.25) is 0 Å². The number of carbonyl (C=O) groups excluding carboxylic acids is 1. The average Bonchev–Trinajstić information content (AvgIpc) is 2.65. The molecule has 0 saturated heterocycles. The number of ether oxygens (including phenoxy) is 1. The Balaban J connectivity index is 2.44. The zero-order valence-electron chi connectivity index (χ0n) is 15.8. The van der Waals surface area contributed by atoms with Gasteiger partial charge in [-0.15, -0.1) is 0 Å². The van der Waals surface area contributed by atoms with E-state index in [-0.39, 0.29) is 17.8 Å². The summed E-state index contributed by atoms with van der Waals surface area (Å²) in [4.78, 5) is 12.3. The summed E-state index contributed by atoms with van der Waals surface area (Å²) in [5.41, 5.74) is 0.177. The maximum Gasteiger partial charge on any atom is 0.333 e. The Morgan fingerprint density at radius 3 is 2.62 bits per heavy atom. The normalized spacial score (nSPS) is 40.1. The van der Waals surface area contributed by atoms with Crippen LogP contribution in [0.5, 0.6) is 0 Å². The molecular weight excluding hydrogens is 304 g/mol. The zero-order chi connectivity index (χ0) is 18.3. The van der Waals surface area contributed by atoms with Crippen molar-refractivity contribution in [2.24, 2.45) is 17.3 Å². The van der Waals surface area contributed by atoms with Gasteiger partial charge < -0.3 is 14.9 Å². The van der Waals surface area contributed by atoms with E-state index in [0.717, 1.165) is 5.57 Å². The van der Waals surface area contributed by atoms with Crippen molar-refractivity contribution < 1.29 is 19.7 Å². The standard InChI is InChI=1S/C20H32O4/c1-7-14(5)18(22)24-16-11-20(23,12(2)3)17-15(21)10-13(4)8-9-19(16,17)6/h7-8,12,15-17,21,23H,9-11H2,1-6H3/b14-7-/t15-,16+,17+,19-,20+/m0/s1. The second kappa shape index (κ2) is 6.64. The maximum atomic E-state index is 12.3. The van der Waals surface area contributed by atoms with Crippen LogP contribution in [0.4, 0.5) is 0 Å². The third-order valence-electron chi connectivity index (χ3n) is 6.31. The minimum Gasteiger partial charge on any atom is -0.458 e. The Hall–Kier alpha value is -1.13. The average molecular weight is 336 g/mol. The molecule has 4 heteroatoms. The molecule has 2 N–H and O–H groups in total. The lowest BCUT2D eigenvalue weighted by molar-refractivity contribution is -0.151. The molecule has 2 aliphatic rings. The van der Waals surface area contributed by atoms with Gasteiger partial charge in [0.05, 0.1) is 11.7 Å². The summed E-state index contributed by atoms with van der Waals surface area (Å²) >= 11 is 0. The lowest BCUT2D eigenvalue weighted by Gasteiger charge is -2.42. The summed E-state index contributed by atoms with van der Waals surface area (Å²) < 4.78 is 5.81. The number of aliphatic hydroxyl groups excluding tert-OH is 1. The fraction of sp³-hybridized carbons (Fsp3) is 0.750. The molecule has 1 saturated carbocycles. The van der Waals surface area contributed by atoms with Crippen LogP contribution in [0.15, 0.2) is 23.3 Å². The van der Waals surface area contributed by atoms with Crippen LogP contribution < -0.4 is 0 Å². The van der Waals surface area contributed by atoms with Gasteiger partial charge in [0.25, 0.3) is 0 Å². The maximum absolute atomic E-state index is 12.3. The van der Waals surface area contributed by atoms with E-state index in [1.54, 1.807) is 13.0 Å². The molecule has 0 bridgehead atoms. The minimum absolute atomic E-state index is 0.0265. The van der Waals surface area contributed by atoms with Crippen molar-refractivity contribution in [3.63, 3.8) is 0 Å². The molecular formula is C20H32O4. The highest BCUT2D eigenvalue weighted by Crippen LogP contribution is 2.58. The summed E-state index contributed by atoms with van der Waals surface area (Å²) in [6.45, 7) is 11.5. The van der Waals surface area contributed by atoms with Crippen LogP contribution in [0, 0.1) is 17.3 Å². The van der Waals surface area contributed by atoms with Gasteiger partial charge in [-0.05, 0) is 39.5 Å². The lowest BCUT2D eigenvalue weighted by Crippen LogP contribution is -2.49. The van der Waals surface area contributed by atoms with E-state index in [2.05, 4.69) is 6.08 Å². The molecule has 0 radical (unpaired) electrons. The van der Waals surface area contributed by atoms with Crippen molar-refractivity contribution in [2.45, 2.75) is 78.6 Å². The molecule has 0 aliphatic heterocycles. The zero-order valence-corrected chi connectivity index (χ0v) is 15.8. The first-order valence-corrected chi connectivity index (χ1v) is 8.96. The van der Waals surface area contributed by atoms with E-state index >= 15 is 0 Å². The molecule has 5 atom stereocenters. The number of hydrogen-bond donors (Lipinski definition) is 2. The van der Waals surface area contributed by atoms with Gasteiger partial charge >= 0.3 is 5.97 Å². The predicted octanol–water partition coefficient (Wildman–Crippen LogP) is 3.38. The van der Waals surface area contributed by atoms with Crippen LogP contribution in [0.1, 0.15) is 60.8 Å². The van der Waals surface area contributed by atoms with Gasteiger partial charge in [0, 0.05) is 23.3 Å². The van der Waals surface area contributed by atoms with E-state index in [4.69, 9.17) is 4.74 Å². The number of aliphatic hydroxyl groups is 2. The summed E-state index contributed by atoms with van der Waals surface area (Å²) in [5.74, 6) is -0.682. The Labute approximate surface area is 145 Å². The van der Waals surface area contributed by atoms with Crippen molar-refractivity contribution in [3.8, 4) is 0 Å². The summed E-state index contributed by atoms with van der Waals surface area (Å²) in [6.07, 6.45) is 4.45. The molecule has 24 heavy (non-hydrogen) atoms. The number of hydrogen-bond acceptors (Lipinski definition) is 4. The van der Waals surface area contributed by atoms with E-state index in [1.165, 1.54) is 0 Å². The number of esters is 1. The third kappa shape index (κ3) is 3.06. The lowest BCUT2D eigenvalue weighted by atomic mass is 9.67. The third-order valence-corrected chi connectivity index (χ3v) is 6.31. The van der Waals surface area contributed by atoms with E-state index in [9.17, 15) is 15.0 Å². The molecule has 136 valence electrons. The minimum atomic E-state index is -1.04. The Kier molecular flexibility index (Phi) is 5.31. The number of carbonyl (C=O) groups is 1. The molecule has 1 fully saturated rings. The van der Waals surface area contributed by atoms with Crippen LogP contribution in [0.3, 0.4) is 0 Å². The Morgan fingerprint density at radius 2 is 2.08 bits per heavy atom. The molecule has 0 amide bonds. The molecule has 0 aromatic heterocycles. The highest BCUT2D eigenvalue weighted by Gasteiger charge is 2.64. The van der Waals surface area contributed by atoms with Gasteiger partial charge in [0.1, 0.15) is 6.10 Å². The summed E-state index contributed by atoms with van der Waals surface area (Å²) in [7, 11) is 0. The Morgan fingerprint density at radius 1 is 1.46 bits per heavy atom. The summed E-state index contributed by atoms with van der Waals surface area (Å²) in [6, 6.07) is 0. The fourth-order valence-electron chi connectivity index (χ4n) is 4.50. The number of rotatable bonds is 3. The summed E-state index contributed by atoms with van der Waals surface area (Å²) in [5, 5.41) is 22.2. The van der Waals surface area contributed by atoms with Gasteiger partial charge in [-0.1, -0.05) is 38.5 Å². The molecule has 4 nitrogen and oxygen atoms in total. The van der Waals surface area contributed by atoms with Crippen LogP contribution in [0.25, 0.3) is 0 Å². The van der Waals surface area contributed by atoms with Crippen molar-refractivity contribution in [1.82, 2.24) is 0 Å². The Bertz CT molecular complexity index is 562. The quantitative estimate of drug-likeness (QED) is 0.471. The van der Waals surface area contributed by atoms with Gasteiger partial charge in [-0.3, -0.25) is 0 Å². The second-order valence-corrected chi connectivity index (χ2v) is 8.23. The van der Waals surface area contributed by atoms with Crippen molar-refractivity contribution >= 4 is 5.97 Å². The van der Waals surface area contributed by atoms with Crippen LogP contribution in [-0.4, -0.2) is 34.0 Å². The van der Waals surface area contributed by atoms with Crippen molar-refractivity contribution in [2.75, 3.05) is 0 Å². The van der Waals surface area contributed by atoms with Gasteiger partial charge in [-0.25, -0.2) is 4.79 Å². The van der Waals surface area contributed by atoms with Gasteiger partial charge in [-0.2, -0.15) is 0 Å². The molecule has 2 rings (SSSR count). The highest BCUT2D eigenvalue weighted by atomic mass is 16.5. The highest BCUT2D eigenvalue weighted by molar-refractivity contribution is 5.87. The fourth-order valence-corrected chi connectivity index (χ4v) is 4.50. The second-order valence-electron chi connectivity index (χ2n) is 8.23. The van der Waals surface area contributed by atoms with Crippen molar-refractivity contribution in [3.05, 3.63) is 23.3 Å².